The third kappa shape index (κ3) is 4.12. The molecule has 162 valence electrons. The van der Waals surface area contributed by atoms with Crippen LogP contribution in [0, 0.1) is 5.82 Å². The van der Waals surface area contributed by atoms with E-state index in [1.165, 1.54) is 29.0 Å². The van der Waals surface area contributed by atoms with Crippen molar-refractivity contribution in [3.63, 3.8) is 0 Å². The Morgan fingerprint density at radius 2 is 1.81 bits per heavy atom. The molecule has 0 bridgehead atoms. The molecule has 2 heterocycles. The van der Waals surface area contributed by atoms with Gasteiger partial charge in [-0.25, -0.2) is 4.39 Å². The van der Waals surface area contributed by atoms with Gasteiger partial charge in [-0.2, -0.15) is 0 Å². The Morgan fingerprint density at radius 3 is 2.59 bits per heavy atom. The molecule has 8 heteroatoms. The van der Waals surface area contributed by atoms with Gasteiger partial charge in [0.1, 0.15) is 5.82 Å². The first-order valence-corrected chi connectivity index (χ1v) is 12.3. The molecule has 0 spiro atoms. The third-order valence-electron chi connectivity index (χ3n) is 5.74. The molecule has 0 fully saturated rings. The van der Waals surface area contributed by atoms with Crippen molar-refractivity contribution < 1.29 is 14.0 Å². The SMILES string of the molecule is O=C1CCCC2=C1[C@H](c1ccc(F)cc1)CC(=O)N2c1nnc(SCc2ccccc2)s1. The highest BCUT2D eigenvalue weighted by atomic mass is 32.2. The van der Waals surface area contributed by atoms with Gasteiger partial charge in [-0.3, -0.25) is 14.5 Å². The van der Waals surface area contributed by atoms with Crippen LogP contribution in [0.15, 0.2) is 70.2 Å². The van der Waals surface area contributed by atoms with Crippen LogP contribution in [0.4, 0.5) is 9.52 Å². The van der Waals surface area contributed by atoms with E-state index in [0.29, 0.717) is 30.0 Å². The van der Waals surface area contributed by atoms with Gasteiger partial charge in [-0.15, -0.1) is 10.2 Å². The Kier molecular flexibility index (Phi) is 5.89. The Morgan fingerprint density at radius 1 is 1.03 bits per heavy atom. The number of anilines is 1. The molecule has 0 N–H and O–H groups in total. The summed E-state index contributed by atoms with van der Waals surface area (Å²) in [6, 6.07) is 16.2. The van der Waals surface area contributed by atoms with E-state index < -0.39 is 0 Å². The van der Waals surface area contributed by atoms with Gasteiger partial charge >= 0.3 is 0 Å². The molecule has 0 saturated carbocycles. The zero-order valence-electron chi connectivity index (χ0n) is 17.2. The van der Waals surface area contributed by atoms with Crippen molar-refractivity contribution in [3.8, 4) is 0 Å². The number of allylic oxidation sites excluding steroid dienone is 2. The first kappa shape index (κ1) is 21.0. The number of hydrogen-bond donors (Lipinski definition) is 0. The number of aromatic nitrogens is 2. The molecule has 3 aromatic rings. The van der Waals surface area contributed by atoms with Crippen molar-refractivity contribution >= 4 is 39.9 Å². The quantitative estimate of drug-likeness (QED) is 0.368. The van der Waals surface area contributed by atoms with Crippen LogP contribution in [0.1, 0.15) is 42.7 Å². The van der Waals surface area contributed by atoms with E-state index in [4.69, 9.17) is 0 Å². The van der Waals surface area contributed by atoms with E-state index in [0.717, 1.165) is 21.4 Å². The Hall–Kier alpha value is -2.84. The van der Waals surface area contributed by atoms with Crippen molar-refractivity contribution in [1.82, 2.24) is 10.2 Å². The lowest BCUT2D eigenvalue weighted by Crippen LogP contribution is -2.40. The Balaban J connectivity index is 1.45. The van der Waals surface area contributed by atoms with Crippen LogP contribution < -0.4 is 4.90 Å². The van der Waals surface area contributed by atoms with Crippen LogP contribution in [0.2, 0.25) is 0 Å². The molecular weight excluding hydrogens is 445 g/mol. The molecule has 32 heavy (non-hydrogen) atoms. The second-order valence-electron chi connectivity index (χ2n) is 7.80. The standard InChI is InChI=1S/C24H20FN3O2S2/c25-17-11-9-16(10-12-17)18-13-21(30)28(19-7-4-8-20(29)22(18)19)23-26-27-24(32-23)31-14-15-5-2-1-3-6-15/h1-3,5-6,9-12,18H,4,7-8,13-14H2/t18-/m0/s1. The number of carbonyl (C=O) groups excluding carboxylic acids is 2. The average molecular weight is 466 g/mol. The highest BCUT2D eigenvalue weighted by Gasteiger charge is 2.40. The molecular formula is C24H20FN3O2S2. The number of amides is 1. The Bertz CT molecular complexity index is 1190. The summed E-state index contributed by atoms with van der Waals surface area (Å²) in [7, 11) is 0. The van der Waals surface area contributed by atoms with Gasteiger partial charge in [0.15, 0.2) is 10.1 Å². The highest BCUT2D eigenvalue weighted by molar-refractivity contribution is 8.00. The van der Waals surface area contributed by atoms with Gasteiger partial charge < -0.3 is 0 Å². The number of benzene rings is 2. The van der Waals surface area contributed by atoms with Crippen molar-refractivity contribution in [2.24, 2.45) is 0 Å². The molecule has 5 nitrogen and oxygen atoms in total. The highest BCUT2D eigenvalue weighted by Crippen LogP contribution is 2.44. The molecule has 1 aliphatic heterocycles. The molecule has 0 radical (unpaired) electrons. The van der Waals surface area contributed by atoms with Gasteiger partial charge in [0.25, 0.3) is 0 Å². The first-order chi connectivity index (χ1) is 15.6. The molecule has 1 aliphatic carbocycles. The third-order valence-corrected chi connectivity index (χ3v) is 7.85. The lowest BCUT2D eigenvalue weighted by Gasteiger charge is -2.36. The van der Waals surface area contributed by atoms with Gasteiger partial charge in [-0.05, 0) is 36.1 Å². The molecule has 2 aliphatic rings. The summed E-state index contributed by atoms with van der Waals surface area (Å²) >= 11 is 2.95. The fraction of sp³-hybridized carbons (Fsp3) is 0.250. The van der Waals surface area contributed by atoms with E-state index in [1.807, 2.05) is 18.2 Å². The number of hydrogen-bond acceptors (Lipinski definition) is 6. The second-order valence-corrected chi connectivity index (χ2v) is 9.98. The Labute approximate surface area is 193 Å². The fourth-order valence-electron chi connectivity index (χ4n) is 4.27. The lowest BCUT2D eigenvalue weighted by molar-refractivity contribution is -0.119. The lowest BCUT2D eigenvalue weighted by atomic mass is 9.77. The number of carbonyl (C=O) groups is 2. The number of halogens is 1. The van der Waals surface area contributed by atoms with Crippen LogP contribution >= 0.6 is 23.1 Å². The summed E-state index contributed by atoms with van der Waals surface area (Å²) in [4.78, 5) is 27.7. The number of nitrogens with zero attached hydrogens (tertiary/aromatic N) is 3. The molecule has 2 aromatic carbocycles. The number of thioether (sulfide) groups is 1. The van der Waals surface area contributed by atoms with E-state index >= 15 is 0 Å². The van der Waals surface area contributed by atoms with Gasteiger partial charge in [0.2, 0.25) is 11.0 Å². The average Bonchev–Trinajstić information content (AvgIpc) is 3.27. The van der Waals surface area contributed by atoms with Crippen molar-refractivity contribution in [3.05, 3.63) is 82.8 Å². The van der Waals surface area contributed by atoms with Crippen LogP contribution in [0.25, 0.3) is 0 Å². The maximum Gasteiger partial charge on any atom is 0.234 e. The fourth-order valence-corrected chi connectivity index (χ4v) is 6.11. The topological polar surface area (TPSA) is 63.2 Å². The van der Waals surface area contributed by atoms with Crippen molar-refractivity contribution in [2.45, 2.75) is 41.7 Å². The largest absolute Gasteiger partial charge is 0.294 e. The molecule has 1 amide bonds. The minimum Gasteiger partial charge on any atom is -0.294 e. The van der Waals surface area contributed by atoms with Crippen molar-refractivity contribution in [2.75, 3.05) is 4.90 Å². The van der Waals surface area contributed by atoms with Gasteiger partial charge in [0, 0.05) is 35.8 Å². The maximum absolute atomic E-state index is 13.4. The number of Topliss-reactive ketones (excluding diaryl/α,β-unsaturated/α-hetero) is 1. The summed E-state index contributed by atoms with van der Waals surface area (Å²) in [6.45, 7) is 0. The molecule has 0 saturated heterocycles. The minimum atomic E-state index is -0.345. The molecule has 1 atom stereocenters. The maximum atomic E-state index is 13.4. The van der Waals surface area contributed by atoms with Gasteiger partial charge in [-0.1, -0.05) is 65.6 Å². The van der Waals surface area contributed by atoms with Crippen LogP contribution in [0.5, 0.6) is 0 Å². The first-order valence-electron chi connectivity index (χ1n) is 10.4. The normalized spacial score (nSPS) is 18.8. The predicted molar refractivity (Wildman–Crippen MR) is 123 cm³/mol. The predicted octanol–water partition coefficient (Wildman–Crippen LogP) is 5.50. The summed E-state index contributed by atoms with van der Waals surface area (Å²) < 4.78 is 14.2. The molecule has 5 rings (SSSR count). The summed E-state index contributed by atoms with van der Waals surface area (Å²) in [5, 5.41) is 9.06. The smallest absolute Gasteiger partial charge is 0.234 e. The monoisotopic (exact) mass is 465 g/mol. The van der Waals surface area contributed by atoms with E-state index in [1.54, 1.807) is 28.8 Å². The summed E-state index contributed by atoms with van der Waals surface area (Å²) in [5.41, 5.74) is 3.37. The second kappa shape index (κ2) is 8.96. The number of rotatable bonds is 5. The van der Waals surface area contributed by atoms with Crippen molar-refractivity contribution in [1.29, 1.82) is 0 Å². The van der Waals surface area contributed by atoms with Crippen LogP contribution in [0.3, 0.4) is 0 Å². The van der Waals surface area contributed by atoms with Crippen LogP contribution in [-0.4, -0.2) is 21.9 Å². The van der Waals surface area contributed by atoms with Gasteiger partial charge in [0.05, 0.1) is 0 Å². The zero-order chi connectivity index (χ0) is 22.1. The molecule has 1 aromatic heterocycles. The number of ketones is 1. The minimum absolute atomic E-state index is 0.0567. The summed E-state index contributed by atoms with van der Waals surface area (Å²) in [5.74, 6) is 0.0329. The zero-order valence-corrected chi connectivity index (χ0v) is 18.8. The van der Waals surface area contributed by atoms with E-state index in [9.17, 15) is 14.0 Å². The summed E-state index contributed by atoms with van der Waals surface area (Å²) in [6.07, 6.45) is 1.96. The van der Waals surface area contributed by atoms with Crippen LogP contribution in [-0.2, 0) is 15.3 Å². The molecule has 0 unspecified atom stereocenters. The van der Waals surface area contributed by atoms with E-state index in [-0.39, 0.29) is 29.8 Å². The van der Waals surface area contributed by atoms with E-state index in [2.05, 4.69) is 22.3 Å².